The molecule has 1 rings (SSSR count). The maximum Gasteiger partial charge on any atom is 0.156 e. The van der Waals surface area contributed by atoms with Crippen LogP contribution in [0.3, 0.4) is 0 Å². The van der Waals surface area contributed by atoms with Gasteiger partial charge in [-0.1, -0.05) is 29.3 Å². The van der Waals surface area contributed by atoms with Crippen LogP contribution in [0.1, 0.15) is 24.8 Å². The second-order valence-corrected chi connectivity index (χ2v) is 4.43. The minimum absolute atomic E-state index is 0.174. The predicted molar refractivity (Wildman–Crippen MR) is 70.9 cm³/mol. The molecule has 1 unspecified atom stereocenters. The Kier molecular flexibility index (Phi) is 6.14. The first-order valence-corrected chi connectivity index (χ1v) is 6.31. The van der Waals surface area contributed by atoms with E-state index in [9.17, 15) is 4.79 Å². The topological polar surface area (TPSA) is 50.1 Å². The van der Waals surface area contributed by atoms with Crippen molar-refractivity contribution in [3.05, 3.63) is 33.8 Å². The van der Waals surface area contributed by atoms with Crippen LogP contribution >= 0.6 is 23.2 Å². The van der Waals surface area contributed by atoms with Gasteiger partial charge < -0.3 is 4.74 Å². The Morgan fingerprint density at radius 2 is 2.06 bits per heavy atom. The molecule has 0 bridgehead atoms. The lowest BCUT2D eigenvalue weighted by molar-refractivity contribution is -0.120. The number of nitrogens with zero attached hydrogens (tertiary/aromatic N) is 1. The third-order valence-corrected chi connectivity index (χ3v) is 3.10. The molecule has 0 aliphatic carbocycles. The summed E-state index contributed by atoms with van der Waals surface area (Å²) in [5, 5.41) is 9.79. The van der Waals surface area contributed by atoms with E-state index in [1.54, 1.807) is 18.2 Å². The zero-order valence-electron chi connectivity index (χ0n) is 9.95. The number of nitriles is 1. The van der Waals surface area contributed by atoms with Crippen LogP contribution in [-0.2, 0) is 9.53 Å². The molecule has 0 spiro atoms. The number of hydrogen-bond donors (Lipinski definition) is 0. The molecule has 0 aromatic heterocycles. The molecule has 96 valence electrons. The zero-order valence-corrected chi connectivity index (χ0v) is 11.5. The van der Waals surface area contributed by atoms with Gasteiger partial charge >= 0.3 is 0 Å². The first-order chi connectivity index (χ1) is 8.61. The SMILES string of the molecule is CCOCCC(=O)C(C#N)c1c(Cl)cccc1Cl. The standard InChI is InChI=1S/C13H13Cl2NO2/c1-2-18-7-6-12(17)9(8-16)13-10(14)4-3-5-11(13)15/h3-5,9H,2,6-7H2,1H3. The van der Waals surface area contributed by atoms with E-state index in [2.05, 4.69) is 0 Å². The number of carbonyl (C=O) groups excluding carboxylic acids is 1. The van der Waals surface area contributed by atoms with E-state index in [1.807, 2.05) is 13.0 Å². The Hall–Kier alpha value is -1.08. The number of ketones is 1. The van der Waals surface area contributed by atoms with Crippen molar-refractivity contribution in [2.45, 2.75) is 19.3 Å². The van der Waals surface area contributed by atoms with Gasteiger partial charge in [0.25, 0.3) is 0 Å². The lowest BCUT2D eigenvalue weighted by atomic mass is 9.94. The van der Waals surface area contributed by atoms with E-state index < -0.39 is 5.92 Å². The number of rotatable bonds is 6. The third-order valence-electron chi connectivity index (χ3n) is 2.44. The first kappa shape index (κ1) is 15.0. The summed E-state index contributed by atoms with van der Waals surface area (Å²) in [6, 6.07) is 6.85. The third kappa shape index (κ3) is 3.71. The molecule has 0 aliphatic rings. The van der Waals surface area contributed by atoms with Crippen molar-refractivity contribution in [3.63, 3.8) is 0 Å². The van der Waals surface area contributed by atoms with E-state index in [1.165, 1.54) is 0 Å². The van der Waals surface area contributed by atoms with Crippen molar-refractivity contribution in [3.8, 4) is 6.07 Å². The lowest BCUT2D eigenvalue weighted by Gasteiger charge is -2.12. The summed E-state index contributed by atoms with van der Waals surface area (Å²) in [6.45, 7) is 2.68. The van der Waals surface area contributed by atoms with Gasteiger partial charge in [0, 0.05) is 28.6 Å². The Balaban J connectivity index is 2.90. The molecule has 0 heterocycles. The molecule has 0 saturated carbocycles. The molecule has 0 radical (unpaired) electrons. The summed E-state index contributed by atoms with van der Waals surface area (Å²) in [4.78, 5) is 11.9. The molecule has 18 heavy (non-hydrogen) atoms. The largest absolute Gasteiger partial charge is 0.381 e. The van der Waals surface area contributed by atoms with Gasteiger partial charge in [-0.15, -0.1) is 0 Å². The summed E-state index contributed by atoms with van der Waals surface area (Å²) in [6.07, 6.45) is 0.174. The smallest absolute Gasteiger partial charge is 0.156 e. The van der Waals surface area contributed by atoms with Crippen molar-refractivity contribution in [1.29, 1.82) is 5.26 Å². The van der Waals surface area contributed by atoms with Crippen LogP contribution in [-0.4, -0.2) is 19.0 Å². The Bertz CT molecular complexity index is 448. The summed E-state index contributed by atoms with van der Waals surface area (Å²) in [5.41, 5.74) is 0.379. The van der Waals surface area contributed by atoms with Crippen LogP contribution in [0.25, 0.3) is 0 Å². The van der Waals surface area contributed by atoms with Crippen LogP contribution in [0.5, 0.6) is 0 Å². The van der Waals surface area contributed by atoms with Gasteiger partial charge in [-0.25, -0.2) is 0 Å². The summed E-state index contributed by atoms with van der Waals surface area (Å²) in [5.74, 6) is -1.17. The van der Waals surface area contributed by atoms with Crippen LogP contribution in [0.2, 0.25) is 10.0 Å². The van der Waals surface area contributed by atoms with E-state index in [0.717, 1.165) is 0 Å². The van der Waals surface area contributed by atoms with Crippen molar-refractivity contribution in [2.75, 3.05) is 13.2 Å². The van der Waals surface area contributed by atoms with E-state index in [0.29, 0.717) is 28.8 Å². The zero-order chi connectivity index (χ0) is 13.5. The fourth-order valence-corrected chi connectivity index (χ4v) is 2.16. The molecule has 0 N–H and O–H groups in total. The minimum Gasteiger partial charge on any atom is -0.381 e. The molecule has 5 heteroatoms. The highest BCUT2D eigenvalue weighted by molar-refractivity contribution is 6.36. The molecule has 3 nitrogen and oxygen atoms in total. The van der Waals surface area contributed by atoms with Gasteiger partial charge in [0.15, 0.2) is 5.78 Å². The molecule has 1 aromatic carbocycles. The van der Waals surface area contributed by atoms with Gasteiger partial charge in [0.05, 0.1) is 12.7 Å². The average Bonchev–Trinajstić information content (AvgIpc) is 2.34. The minimum atomic E-state index is -0.938. The predicted octanol–water partition coefficient (Wildman–Crippen LogP) is 3.60. The Morgan fingerprint density at radius 1 is 1.44 bits per heavy atom. The highest BCUT2D eigenvalue weighted by atomic mass is 35.5. The molecule has 0 amide bonds. The molecule has 1 aromatic rings. The summed E-state index contributed by atoms with van der Waals surface area (Å²) in [7, 11) is 0. The second kappa shape index (κ2) is 7.38. The number of ether oxygens (including phenoxy) is 1. The fraction of sp³-hybridized carbons (Fsp3) is 0.385. The monoisotopic (exact) mass is 285 g/mol. The van der Waals surface area contributed by atoms with Gasteiger partial charge in [-0.05, 0) is 19.1 Å². The van der Waals surface area contributed by atoms with Crippen LogP contribution in [0.4, 0.5) is 0 Å². The van der Waals surface area contributed by atoms with Crippen molar-refractivity contribution in [2.24, 2.45) is 0 Å². The highest BCUT2D eigenvalue weighted by Gasteiger charge is 2.24. The van der Waals surface area contributed by atoms with Crippen LogP contribution in [0, 0.1) is 11.3 Å². The van der Waals surface area contributed by atoms with Gasteiger partial charge in [-0.3, -0.25) is 4.79 Å². The maximum atomic E-state index is 11.9. The van der Waals surface area contributed by atoms with Crippen molar-refractivity contribution < 1.29 is 9.53 Å². The Morgan fingerprint density at radius 3 is 2.56 bits per heavy atom. The highest BCUT2D eigenvalue weighted by Crippen LogP contribution is 2.32. The molecular weight excluding hydrogens is 273 g/mol. The van der Waals surface area contributed by atoms with E-state index >= 15 is 0 Å². The van der Waals surface area contributed by atoms with Gasteiger partial charge in [0.2, 0.25) is 0 Å². The molecule has 0 fully saturated rings. The van der Waals surface area contributed by atoms with E-state index in [4.69, 9.17) is 33.2 Å². The molecule has 0 aliphatic heterocycles. The van der Waals surface area contributed by atoms with Gasteiger partial charge in [0.1, 0.15) is 5.92 Å². The molecular formula is C13H13Cl2NO2. The maximum absolute atomic E-state index is 11.9. The van der Waals surface area contributed by atoms with Crippen LogP contribution < -0.4 is 0 Å². The molecule has 0 saturated heterocycles. The lowest BCUT2D eigenvalue weighted by Crippen LogP contribution is -2.14. The Labute approximate surface area is 116 Å². The number of benzene rings is 1. The van der Waals surface area contributed by atoms with E-state index in [-0.39, 0.29) is 12.2 Å². The fourth-order valence-electron chi connectivity index (χ4n) is 1.55. The number of Topliss-reactive ketones (excluding diaryl/α,β-unsaturated/α-hetero) is 1. The second-order valence-electron chi connectivity index (χ2n) is 3.61. The summed E-state index contributed by atoms with van der Waals surface area (Å²) < 4.78 is 5.10. The van der Waals surface area contributed by atoms with Crippen molar-refractivity contribution in [1.82, 2.24) is 0 Å². The normalized spacial score (nSPS) is 11.9. The number of hydrogen-bond acceptors (Lipinski definition) is 3. The number of carbonyl (C=O) groups is 1. The van der Waals surface area contributed by atoms with Crippen LogP contribution in [0.15, 0.2) is 18.2 Å². The number of halogens is 2. The first-order valence-electron chi connectivity index (χ1n) is 5.55. The van der Waals surface area contributed by atoms with Gasteiger partial charge in [-0.2, -0.15) is 5.26 Å². The average molecular weight is 286 g/mol. The van der Waals surface area contributed by atoms with Crippen molar-refractivity contribution >= 4 is 29.0 Å². The summed E-state index contributed by atoms with van der Waals surface area (Å²) >= 11 is 12.0. The quantitative estimate of drug-likeness (QED) is 0.751. The molecule has 1 atom stereocenters.